The molecule has 110 valence electrons. The molecule has 0 aromatic heterocycles. The third-order valence-electron chi connectivity index (χ3n) is 2.66. The predicted octanol–water partition coefficient (Wildman–Crippen LogP) is 4.64. The largest absolute Gasteiger partial charge is 0.234 e. The Morgan fingerprint density at radius 3 is 2.47 bits per heavy atom. The van der Waals surface area contributed by atoms with E-state index in [4.69, 9.17) is 10.2 Å². The molecule has 2 unspecified atom stereocenters. The number of nitrogens with zero attached hydrogens (tertiary/aromatic N) is 1. The van der Waals surface area contributed by atoms with Gasteiger partial charge >= 0.3 is 0 Å². The van der Waals surface area contributed by atoms with Gasteiger partial charge in [-0.1, -0.05) is 45.1 Å². The van der Waals surface area contributed by atoms with Crippen molar-refractivity contribution in [2.75, 3.05) is 0 Å². The van der Waals surface area contributed by atoms with E-state index in [1.165, 1.54) is 12.0 Å². The molecule has 0 aromatic carbocycles. The highest BCUT2D eigenvalue weighted by Crippen LogP contribution is 2.35. The van der Waals surface area contributed by atoms with Gasteiger partial charge in [0.15, 0.2) is 0 Å². The van der Waals surface area contributed by atoms with E-state index in [0.717, 1.165) is 24.8 Å². The number of allylic oxidation sites excluding steroid dienone is 3. The summed E-state index contributed by atoms with van der Waals surface area (Å²) in [6.45, 7) is 8.41. The minimum Gasteiger partial charge on any atom is -0.234 e. The Kier molecular flexibility index (Phi) is 10.3. The molecule has 0 spiro atoms. The van der Waals surface area contributed by atoms with Crippen molar-refractivity contribution in [1.82, 2.24) is 0 Å². The average Bonchev–Trinajstić information content (AvgIpc) is 2.33. The van der Waals surface area contributed by atoms with Crippen molar-refractivity contribution in [2.24, 2.45) is 15.9 Å². The number of nitrogens with two attached hydrogens (primary N) is 1. The van der Waals surface area contributed by atoms with E-state index < -0.39 is 0 Å². The maximum absolute atomic E-state index is 10.4. The van der Waals surface area contributed by atoms with Gasteiger partial charge in [-0.15, -0.1) is 4.91 Å². The van der Waals surface area contributed by atoms with Gasteiger partial charge in [0, 0.05) is 39.1 Å². The minimum atomic E-state index is 0.0944. The first kappa shape index (κ1) is 18.7. The third kappa shape index (κ3) is 9.27. The van der Waals surface area contributed by atoms with Crippen LogP contribution in [0, 0.1) is 10.3 Å². The van der Waals surface area contributed by atoms with Crippen LogP contribution < -0.4 is 5.90 Å². The van der Waals surface area contributed by atoms with Crippen LogP contribution in [-0.4, -0.2) is 10.5 Å². The summed E-state index contributed by atoms with van der Waals surface area (Å²) in [6, 6.07) is 0. The molecule has 0 aliphatic heterocycles. The third-order valence-corrected chi connectivity index (χ3v) is 4.69. The number of hydrogen-bond acceptors (Lipinski definition) is 6. The van der Waals surface area contributed by atoms with Crippen molar-refractivity contribution in [3.63, 3.8) is 0 Å². The summed E-state index contributed by atoms with van der Waals surface area (Å²) in [5.74, 6) is 5.16. The zero-order valence-electron chi connectivity index (χ0n) is 12.0. The van der Waals surface area contributed by atoms with Gasteiger partial charge in [0.1, 0.15) is 0 Å². The molecule has 0 aliphatic carbocycles. The van der Waals surface area contributed by atoms with E-state index in [-0.39, 0.29) is 15.9 Å². The number of rotatable bonds is 9. The minimum absolute atomic E-state index is 0.0944. The van der Waals surface area contributed by atoms with Crippen molar-refractivity contribution in [3.05, 3.63) is 29.2 Å². The highest BCUT2D eigenvalue weighted by atomic mass is 32.2. The zero-order chi connectivity index (χ0) is 14.7. The van der Waals surface area contributed by atoms with Crippen LogP contribution in [0.25, 0.3) is 0 Å². The lowest BCUT2D eigenvalue weighted by Gasteiger charge is -2.29. The summed E-state index contributed by atoms with van der Waals surface area (Å²) < 4.78 is 7.65. The van der Waals surface area contributed by atoms with Gasteiger partial charge in [-0.2, -0.15) is 0 Å². The summed E-state index contributed by atoms with van der Waals surface area (Å²) in [6.07, 6.45) is 9.61. The molecule has 6 heteroatoms. The van der Waals surface area contributed by atoms with Gasteiger partial charge < -0.3 is 0 Å². The highest BCUT2D eigenvalue weighted by Gasteiger charge is 2.26. The summed E-state index contributed by atoms with van der Waals surface area (Å²) in [4.78, 5) is 10.4. The van der Waals surface area contributed by atoms with E-state index in [9.17, 15) is 4.91 Å². The first-order chi connectivity index (χ1) is 8.95. The summed E-state index contributed by atoms with van der Waals surface area (Å²) in [5, 5.41) is 0.374. The second-order valence-electron chi connectivity index (χ2n) is 5.25. The molecule has 0 saturated carbocycles. The lowest BCUT2D eigenvalue weighted by atomic mass is 9.88. The normalized spacial score (nSPS) is 16.1. The molecule has 0 bridgehead atoms. The van der Waals surface area contributed by atoms with Gasteiger partial charge in [-0.05, 0) is 25.2 Å². The van der Waals surface area contributed by atoms with Crippen molar-refractivity contribution in [2.45, 2.75) is 51.0 Å². The van der Waals surface area contributed by atoms with Crippen molar-refractivity contribution >= 4 is 24.0 Å². The smallest absolute Gasteiger partial charge is 0.0484 e. The molecule has 2 N–H and O–H groups in total. The Hall–Kier alpha value is -0.300. The second kappa shape index (κ2) is 10.5. The van der Waals surface area contributed by atoms with Gasteiger partial charge in [0.25, 0.3) is 0 Å². The Labute approximate surface area is 124 Å². The van der Waals surface area contributed by atoms with E-state index in [1.807, 2.05) is 31.2 Å². The molecule has 0 amide bonds. The monoisotopic (exact) mass is 304 g/mol. The average molecular weight is 304 g/mol. The van der Waals surface area contributed by atoms with Crippen LogP contribution >= 0.6 is 24.0 Å². The fraction of sp³-hybridized carbons (Fsp3) is 0.692. The Morgan fingerprint density at radius 1 is 1.32 bits per heavy atom. The molecule has 0 radical (unpaired) electrons. The fourth-order valence-electron chi connectivity index (χ4n) is 1.55. The Morgan fingerprint density at radius 2 is 2.00 bits per heavy atom. The van der Waals surface area contributed by atoms with Crippen molar-refractivity contribution < 1.29 is 4.28 Å². The molecule has 19 heavy (non-hydrogen) atoms. The van der Waals surface area contributed by atoms with Crippen LogP contribution in [0.1, 0.15) is 40.5 Å². The van der Waals surface area contributed by atoms with Gasteiger partial charge in [-0.3, -0.25) is 0 Å². The first-order valence-electron chi connectivity index (χ1n) is 6.25. The van der Waals surface area contributed by atoms with Crippen LogP contribution in [0.5, 0.6) is 0 Å². The van der Waals surface area contributed by atoms with E-state index in [2.05, 4.69) is 25.4 Å². The zero-order valence-corrected chi connectivity index (χ0v) is 13.7. The maximum Gasteiger partial charge on any atom is 0.0484 e. The lowest BCUT2D eigenvalue weighted by molar-refractivity contribution is 0.338. The molecule has 0 saturated heterocycles. The van der Waals surface area contributed by atoms with Gasteiger partial charge in [0.2, 0.25) is 0 Å². The summed E-state index contributed by atoms with van der Waals surface area (Å²) in [5.41, 5.74) is 0.0981. The molecule has 0 heterocycles. The molecule has 2 atom stereocenters. The van der Waals surface area contributed by atoms with Gasteiger partial charge in [-0.25, -0.2) is 10.2 Å². The van der Waals surface area contributed by atoms with Crippen LogP contribution in [0.3, 0.4) is 0 Å². The quantitative estimate of drug-likeness (QED) is 0.221. The summed E-state index contributed by atoms with van der Waals surface area (Å²) in [7, 11) is 0. The first-order valence-corrected chi connectivity index (χ1v) is 7.90. The van der Waals surface area contributed by atoms with Crippen LogP contribution in [-0.2, 0) is 4.28 Å². The fourth-order valence-corrected chi connectivity index (χ4v) is 2.71. The SMILES string of the molecule is C/C=C/C=C/C(CCC(SON)C(C)(C)C)SN=O. The second-order valence-corrected chi connectivity index (χ2v) is 7.17. The van der Waals surface area contributed by atoms with Crippen LogP contribution in [0.15, 0.2) is 28.9 Å². The summed E-state index contributed by atoms with van der Waals surface area (Å²) >= 11 is 2.36. The molecule has 0 aliphatic rings. The Balaban J connectivity index is 4.45. The van der Waals surface area contributed by atoms with E-state index in [1.54, 1.807) is 0 Å². The molecule has 0 aromatic rings. The standard InChI is InChI=1S/C13H24N2O2S2/c1-5-6-7-8-11(18-15-16)9-10-12(19-17-14)13(2,3)4/h5-8,11-12H,9-10,14H2,1-4H3/b6-5+,8-7+. The number of nitroso groups, excluding NO2 is 1. The predicted molar refractivity (Wildman–Crippen MR) is 86.5 cm³/mol. The van der Waals surface area contributed by atoms with Crippen LogP contribution in [0.4, 0.5) is 0 Å². The van der Waals surface area contributed by atoms with Gasteiger partial charge in [0.05, 0.1) is 0 Å². The molecular formula is C13H24N2O2S2. The van der Waals surface area contributed by atoms with Crippen LogP contribution in [0.2, 0.25) is 0 Å². The van der Waals surface area contributed by atoms with Crippen molar-refractivity contribution in [3.8, 4) is 0 Å². The lowest BCUT2D eigenvalue weighted by Crippen LogP contribution is -2.25. The topological polar surface area (TPSA) is 64.7 Å². The molecule has 4 nitrogen and oxygen atoms in total. The molecule has 0 rings (SSSR count). The maximum atomic E-state index is 10.4. The van der Waals surface area contributed by atoms with E-state index in [0.29, 0.717) is 0 Å². The highest BCUT2D eigenvalue weighted by molar-refractivity contribution is 7.98. The Bertz CT molecular complexity index is 302. The van der Waals surface area contributed by atoms with Crippen molar-refractivity contribution in [1.29, 1.82) is 0 Å². The molecule has 0 fully saturated rings. The van der Waals surface area contributed by atoms with E-state index >= 15 is 0 Å². The number of hydrogen-bond donors (Lipinski definition) is 1. The molecular weight excluding hydrogens is 280 g/mol.